The average molecular weight is 342 g/mol. The number of methoxy groups -OCH3 is 1. The normalized spacial score (nSPS) is 10.3. The third-order valence-corrected chi connectivity index (χ3v) is 3.71. The van der Waals surface area contributed by atoms with Gasteiger partial charge in [-0.2, -0.15) is 5.10 Å². The van der Waals surface area contributed by atoms with Crippen LogP contribution in [0.4, 0.5) is 0 Å². The van der Waals surface area contributed by atoms with Crippen molar-refractivity contribution in [2.24, 2.45) is 0 Å². The number of ether oxygens (including phenoxy) is 1. The Hall–Kier alpha value is -1.37. The van der Waals surface area contributed by atoms with Crippen molar-refractivity contribution in [2.45, 2.75) is 6.92 Å². The van der Waals surface area contributed by atoms with Gasteiger partial charge in [0.15, 0.2) is 5.69 Å². The second kappa shape index (κ2) is 4.87. The van der Waals surface area contributed by atoms with E-state index in [0.29, 0.717) is 5.69 Å². The lowest BCUT2D eigenvalue weighted by Gasteiger charge is -2.02. The highest BCUT2D eigenvalue weighted by atomic mass is 127. The molecule has 5 heteroatoms. The number of carbonyl (C=O) groups excluding carboxylic acids is 1. The topological polar surface area (TPSA) is 44.1 Å². The van der Waals surface area contributed by atoms with E-state index in [1.807, 2.05) is 37.3 Å². The van der Waals surface area contributed by atoms with Gasteiger partial charge in [-0.25, -0.2) is 9.48 Å². The Bertz CT molecular complexity index is 549. The van der Waals surface area contributed by atoms with Crippen molar-refractivity contribution in [2.75, 3.05) is 7.11 Å². The molecule has 17 heavy (non-hydrogen) atoms. The average Bonchev–Trinajstić information content (AvgIpc) is 2.67. The van der Waals surface area contributed by atoms with Crippen molar-refractivity contribution >= 4 is 28.6 Å². The Balaban J connectivity index is 2.54. The van der Waals surface area contributed by atoms with Gasteiger partial charge >= 0.3 is 5.97 Å². The van der Waals surface area contributed by atoms with Crippen LogP contribution in [-0.4, -0.2) is 22.9 Å². The number of carbonyl (C=O) groups is 1. The molecule has 0 bridgehead atoms. The van der Waals surface area contributed by atoms with Crippen LogP contribution in [0.3, 0.4) is 0 Å². The van der Waals surface area contributed by atoms with Gasteiger partial charge in [-0.3, -0.25) is 0 Å². The maximum atomic E-state index is 11.5. The summed E-state index contributed by atoms with van der Waals surface area (Å²) in [5.41, 5.74) is 2.21. The smallest absolute Gasteiger partial charge is 0.359 e. The number of hydrogen-bond donors (Lipinski definition) is 0. The van der Waals surface area contributed by atoms with Gasteiger partial charge in [-0.05, 0) is 41.6 Å². The second-order valence-electron chi connectivity index (χ2n) is 3.49. The number of halogens is 1. The molecule has 0 saturated heterocycles. The predicted molar refractivity (Wildman–Crippen MR) is 72.4 cm³/mol. The first-order valence-corrected chi connectivity index (χ1v) is 6.12. The molecule has 0 unspecified atom stereocenters. The van der Waals surface area contributed by atoms with Crippen LogP contribution < -0.4 is 0 Å². The molecular formula is C12H11IN2O2. The van der Waals surface area contributed by atoms with Gasteiger partial charge in [0, 0.05) is 0 Å². The van der Waals surface area contributed by atoms with Crippen molar-refractivity contribution in [3.8, 4) is 5.69 Å². The first kappa shape index (κ1) is 12.1. The molecule has 0 saturated carbocycles. The zero-order valence-electron chi connectivity index (χ0n) is 9.48. The molecule has 1 heterocycles. The SMILES string of the molecule is COC(=O)c1nn(-c2ccccc2)c(C)c1I. The molecular weight excluding hydrogens is 331 g/mol. The van der Waals surface area contributed by atoms with Crippen LogP contribution in [0.2, 0.25) is 0 Å². The van der Waals surface area contributed by atoms with E-state index in [2.05, 4.69) is 27.7 Å². The van der Waals surface area contributed by atoms with Crippen LogP contribution in [-0.2, 0) is 4.74 Å². The standard InChI is InChI=1S/C12H11IN2O2/c1-8-10(13)11(12(16)17-2)14-15(8)9-6-4-3-5-7-9/h3-7H,1-2H3. The summed E-state index contributed by atoms with van der Waals surface area (Å²) in [5, 5.41) is 4.28. The fourth-order valence-electron chi connectivity index (χ4n) is 1.53. The van der Waals surface area contributed by atoms with Crippen molar-refractivity contribution in [1.29, 1.82) is 0 Å². The van der Waals surface area contributed by atoms with E-state index in [0.717, 1.165) is 15.0 Å². The highest BCUT2D eigenvalue weighted by Crippen LogP contribution is 2.20. The molecule has 0 aliphatic carbocycles. The van der Waals surface area contributed by atoms with Gasteiger partial charge in [0.05, 0.1) is 22.1 Å². The lowest BCUT2D eigenvalue weighted by Crippen LogP contribution is -2.05. The zero-order chi connectivity index (χ0) is 12.4. The Morgan fingerprint density at radius 1 is 1.35 bits per heavy atom. The summed E-state index contributed by atoms with van der Waals surface area (Å²) in [6.45, 7) is 1.92. The summed E-state index contributed by atoms with van der Waals surface area (Å²) < 4.78 is 7.26. The number of aromatic nitrogens is 2. The Labute approximate surface area is 113 Å². The van der Waals surface area contributed by atoms with Crippen LogP contribution in [0.5, 0.6) is 0 Å². The van der Waals surface area contributed by atoms with E-state index in [-0.39, 0.29) is 0 Å². The molecule has 1 aromatic carbocycles. The van der Waals surface area contributed by atoms with Crippen molar-refractivity contribution in [3.63, 3.8) is 0 Å². The number of benzene rings is 1. The van der Waals surface area contributed by atoms with Crippen LogP contribution in [0, 0.1) is 10.5 Å². The van der Waals surface area contributed by atoms with E-state index in [9.17, 15) is 4.79 Å². The van der Waals surface area contributed by atoms with Gasteiger partial charge in [0.1, 0.15) is 0 Å². The molecule has 0 radical (unpaired) electrons. The molecule has 4 nitrogen and oxygen atoms in total. The van der Waals surface area contributed by atoms with Crippen LogP contribution >= 0.6 is 22.6 Å². The lowest BCUT2D eigenvalue weighted by atomic mass is 10.3. The van der Waals surface area contributed by atoms with Crippen molar-refractivity contribution in [3.05, 3.63) is 45.3 Å². The van der Waals surface area contributed by atoms with Gasteiger partial charge in [-0.15, -0.1) is 0 Å². The summed E-state index contributed by atoms with van der Waals surface area (Å²) in [6.07, 6.45) is 0. The Kier molecular flexibility index (Phi) is 3.46. The molecule has 0 atom stereocenters. The molecule has 2 aromatic rings. The molecule has 2 rings (SSSR count). The van der Waals surface area contributed by atoms with Crippen LogP contribution in [0.15, 0.2) is 30.3 Å². The summed E-state index contributed by atoms with van der Waals surface area (Å²) >= 11 is 2.11. The molecule has 0 spiro atoms. The molecule has 1 aromatic heterocycles. The lowest BCUT2D eigenvalue weighted by molar-refractivity contribution is 0.0592. The number of rotatable bonds is 2. The maximum absolute atomic E-state index is 11.5. The largest absolute Gasteiger partial charge is 0.464 e. The van der Waals surface area contributed by atoms with E-state index in [1.54, 1.807) is 4.68 Å². The predicted octanol–water partition coefficient (Wildman–Crippen LogP) is 2.57. The van der Waals surface area contributed by atoms with Gasteiger partial charge < -0.3 is 4.74 Å². The monoisotopic (exact) mass is 342 g/mol. The minimum absolute atomic E-state index is 0.356. The van der Waals surface area contributed by atoms with Crippen molar-refractivity contribution in [1.82, 2.24) is 9.78 Å². The third kappa shape index (κ3) is 2.19. The van der Waals surface area contributed by atoms with Crippen molar-refractivity contribution < 1.29 is 9.53 Å². The fourth-order valence-corrected chi connectivity index (χ4v) is 2.09. The van der Waals surface area contributed by atoms with Crippen LogP contribution in [0.1, 0.15) is 16.2 Å². The second-order valence-corrected chi connectivity index (χ2v) is 4.57. The molecule has 0 fully saturated rings. The Morgan fingerprint density at radius 3 is 2.59 bits per heavy atom. The highest BCUT2D eigenvalue weighted by molar-refractivity contribution is 14.1. The zero-order valence-corrected chi connectivity index (χ0v) is 11.6. The van der Waals surface area contributed by atoms with Gasteiger partial charge in [-0.1, -0.05) is 18.2 Å². The minimum Gasteiger partial charge on any atom is -0.464 e. The highest BCUT2D eigenvalue weighted by Gasteiger charge is 2.19. The summed E-state index contributed by atoms with van der Waals surface area (Å²) in [5.74, 6) is -0.410. The molecule has 0 aliphatic heterocycles. The van der Waals surface area contributed by atoms with Gasteiger partial charge in [0.2, 0.25) is 0 Å². The fraction of sp³-hybridized carbons (Fsp3) is 0.167. The van der Waals surface area contributed by atoms with Crippen LogP contribution in [0.25, 0.3) is 5.69 Å². The Morgan fingerprint density at radius 2 is 2.00 bits per heavy atom. The minimum atomic E-state index is -0.410. The number of para-hydroxylation sites is 1. The van der Waals surface area contributed by atoms with E-state index in [1.165, 1.54) is 7.11 Å². The molecule has 0 aliphatic rings. The molecule has 0 N–H and O–H groups in total. The number of nitrogens with zero attached hydrogens (tertiary/aromatic N) is 2. The van der Waals surface area contributed by atoms with E-state index < -0.39 is 5.97 Å². The summed E-state index contributed by atoms with van der Waals surface area (Å²) in [6, 6.07) is 9.69. The van der Waals surface area contributed by atoms with E-state index in [4.69, 9.17) is 4.74 Å². The first-order chi connectivity index (χ1) is 8.15. The molecule has 0 amide bonds. The number of hydrogen-bond acceptors (Lipinski definition) is 3. The molecule has 88 valence electrons. The summed E-state index contributed by atoms with van der Waals surface area (Å²) in [4.78, 5) is 11.5. The number of esters is 1. The summed E-state index contributed by atoms with van der Waals surface area (Å²) in [7, 11) is 1.36. The third-order valence-electron chi connectivity index (χ3n) is 2.42. The maximum Gasteiger partial charge on any atom is 0.359 e. The first-order valence-electron chi connectivity index (χ1n) is 5.04. The van der Waals surface area contributed by atoms with Gasteiger partial charge in [0.25, 0.3) is 0 Å². The quantitative estimate of drug-likeness (QED) is 0.622. The van der Waals surface area contributed by atoms with E-state index >= 15 is 0 Å².